The van der Waals surface area contributed by atoms with Crippen molar-refractivity contribution in [2.24, 2.45) is 5.92 Å². The lowest BCUT2D eigenvalue weighted by Crippen LogP contribution is -2.40. The molecular weight excluding hydrogens is 180 g/mol. The van der Waals surface area contributed by atoms with E-state index in [2.05, 4.69) is 16.9 Å². The van der Waals surface area contributed by atoms with E-state index in [0.29, 0.717) is 17.5 Å². The molecule has 1 aliphatic carbocycles. The Hall–Kier alpha value is -1.16. The first-order valence-electron chi connectivity index (χ1n) is 4.73. The Kier molecular flexibility index (Phi) is 2.15. The van der Waals surface area contributed by atoms with Crippen molar-refractivity contribution in [2.45, 2.75) is 25.4 Å². The van der Waals surface area contributed by atoms with Gasteiger partial charge in [-0.1, -0.05) is 6.92 Å². The molecule has 1 aromatic rings. The molecule has 1 saturated carbocycles. The van der Waals surface area contributed by atoms with Crippen molar-refractivity contribution in [3.63, 3.8) is 0 Å². The summed E-state index contributed by atoms with van der Waals surface area (Å²) in [5.41, 5.74) is -0.250. The summed E-state index contributed by atoms with van der Waals surface area (Å²) >= 11 is 0. The van der Waals surface area contributed by atoms with Crippen LogP contribution >= 0.6 is 0 Å². The van der Waals surface area contributed by atoms with Gasteiger partial charge in [0.1, 0.15) is 11.3 Å². The van der Waals surface area contributed by atoms with Crippen molar-refractivity contribution < 1.29 is 9.84 Å². The number of nitrogens with zero attached hydrogens (tertiary/aromatic N) is 2. The minimum atomic E-state index is -0.820. The van der Waals surface area contributed by atoms with Gasteiger partial charge in [-0.2, -0.15) is 0 Å². The number of aliphatic hydroxyl groups is 1. The third-order valence-electron chi connectivity index (χ3n) is 2.67. The van der Waals surface area contributed by atoms with Crippen molar-refractivity contribution in [1.82, 2.24) is 9.97 Å². The normalized spacial score (nSPS) is 30.9. The van der Waals surface area contributed by atoms with Gasteiger partial charge in [-0.25, -0.2) is 4.98 Å². The fourth-order valence-electron chi connectivity index (χ4n) is 2.08. The second kappa shape index (κ2) is 3.20. The molecule has 1 N–H and O–H groups in total. The molecule has 76 valence electrons. The van der Waals surface area contributed by atoms with Gasteiger partial charge in [-0.05, 0) is 18.8 Å². The van der Waals surface area contributed by atoms with Crippen molar-refractivity contribution in [3.05, 3.63) is 18.1 Å². The molecule has 1 aromatic heterocycles. The third kappa shape index (κ3) is 1.35. The van der Waals surface area contributed by atoms with E-state index in [1.54, 1.807) is 19.5 Å². The van der Waals surface area contributed by atoms with Crippen molar-refractivity contribution in [1.29, 1.82) is 0 Å². The fourth-order valence-corrected chi connectivity index (χ4v) is 2.08. The average molecular weight is 194 g/mol. The molecule has 1 aliphatic rings. The molecule has 0 spiro atoms. The molecule has 0 unspecified atom stereocenters. The van der Waals surface area contributed by atoms with Crippen LogP contribution in [0.4, 0.5) is 0 Å². The highest BCUT2D eigenvalue weighted by molar-refractivity contribution is 5.26. The van der Waals surface area contributed by atoms with E-state index in [1.165, 1.54) is 0 Å². The Morgan fingerprint density at radius 1 is 1.43 bits per heavy atom. The average Bonchev–Trinajstić information content (AvgIpc) is 2.15. The van der Waals surface area contributed by atoms with Gasteiger partial charge in [0, 0.05) is 12.4 Å². The molecular formula is C10H14N2O2. The number of methoxy groups -OCH3 is 1. The minimum Gasteiger partial charge on any atom is -0.480 e. The van der Waals surface area contributed by atoms with E-state index in [9.17, 15) is 5.11 Å². The number of hydrogen-bond acceptors (Lipinski definition) is 4. The monoisotopic (exact) mass is 194 g/mol. The molecule has 1 heterocycles. The van der Waals surface area contributed by atoms with Gasteiger partial charge in [0.2, 0.25) is 5.88 Å². The quantitative estimate of drug-likeness (QED) is 0.766. The molecule has 4 nitrogen and oxygen atoms in total. The van der Waals surface area contributed by atoms with Gasteiger partial charge in [0.15, 0.2) is 0 Å². The predicted molar refractivity (Wildman–Crippen MR) is 50.9 cm³/mol. The highest BCUT2D eigenvalue weighted by Gasteiger charge is 2.45. The summed E-state index contributed by atoms with van der Waals surface area (Å²) in [7, 11) is 1.54. The van der Waals surface area contributed by atoms with Gasteiger partial charge in [0.05, 0.1) is 7.11 Å². The van der Waals surface area contributed by atoms with Gasteiger partial charge in [-0.3, -0.25) is 4.98 Å². The van der Waals surface area contributed by atoms with Crippen molar-refractivity contribution >= 4 is 0 Å². The lowest BCUT2D eigenvalue weighted by atomic mass is 9.70. The Morgan fingerprint density at radius 3 is 2.64 bits per heavy atom. The topological polar surface area (TPSA) is 55.2 Å². The maximum atomic E-state index is 10.2. The van der Waals surface area contributed by atoms with Crippen LogP contribution in [0.2, 0.25) is 0 Å². The van der Waals surface area contributed by atoms with Gasteiger partial charge < -0.3 is 9.84 Å². The summed E-state index contributed by atoms with van der Waals surface area (Å²) in [4.78, 5) is 8.17. The Balaban J connectivity index is 2.32. The third-order valence-corrected chi connectivity index (χ3v) is 2.67. The van der Waals surface area contributed by atoms with Crippen LogP contribution in [-0.2, 0) is 5.60 Å². The maximum absolute atomic E-state index is 10.2. The first kappa shape index (κ1) is 9.40. The first-order chi connectivity index (χ1) is 6.65. The highest BCUT2D eigenvalue weighted by Crippen LogP contribution is 2.46. The van der Waals surface area contributed by atoms with Crippen LogP contribution in [0.15, 0.2) is 12.4 Å². The fraction of sp³-hybridized carbons (Fsp3) is 0.600. The molecule has 0 amide bonds. The van der Waals surface area contributed by atoms with E-state index in [4.69, 9.17) is 4.74 Å². The standard InChI is InChI=1S/C10H14N2O2/c1-7-5-10(13,6-7)8-9(14-2)12-4-3-11-8/h3-4,7,13H,5-6H2,1-2H3. The minimum absolute atomic E-state index is 0.432. The molecule has 0 atom stereocenters. The molecule has 14 heavy (non-hydrogen) atoms. The van der Waals surface area contributed by atoms with Crippen LogP contribution in [0.5, 0.6) is 5.88 Å². The zero-order valence-corrected chi connectivity index (χ0v) is 8.40. The van der Waals surface area contributed by atoms with E-state index < -0.39 is 5.60 Å². The number of ether oxygens (including phenoxy) is 1. The number of aromatic nitrogens is 2. The first-order valence-corrected chi connectivity index (χ1v) is 4.73. The number of rotatable bonds is 2. The maximum Gasteiger partial charge on any atom is 0.238 e. The summed E-state index contributed by atoms with van der Waals surface area (Å²) in [5, 5.41) is 10.2. The Labute approximate surface area is 83.0 Å². The zero-order chi connectivity index (χ0) is 10.2. The SMILES string of the molecule is COc1nccnc1C1(O)CC(C)C1. The zero-order valence-electron chi connectivity index (χ0n) is 8.40. The second-order valence-electron chi connectivity index (χ2n) is 3.96. The van der Waals surface area contributed by atoms with E-state index >= 15 is 0 Å². The molecule has 0 aliphatic heterocycles. The van der Waals surface area contributed by atoms with Crippen molar-refractivity contribution in [3.8, 4) is 5.88 Å². The summed E-state index contributed by atoms with van der Waals surface area (Å²) in [6.07, 6.45) is 4.62. The van der Waals surface area contributed by atoms with Crippen molar-refractivity contribution in [2.75, 3.05) is 7.11 Å². The largest absolute Gasteiger partial charge is 0.480 e. The molecule has 0 saturated heterocycles. The van der Waals surface area contributed by atoms with Crippen LogP contribution in [-0.4, -0.2) is 22.2 Å². The van der Waals surface area contributed by atoms with Gasteiger partial charge >= 0.3 is 0 Å². The van der Waals surface area contributed by atoms with Crippen LogP contribution in [0.3, 0.4) is 0 Å². The molecule has 0 aromatic carbocycles. The van der Waals surface area contributed by atoms with E-state index in [0.717, 1.165) is 12.8 Å². The summed E-state index contributed by atoms with van der Waals surface area (Å²) in [6, 6.07) is 0. The highest BCUT2D eigenvalue weighted by atomic mass is 16.5. The van der Waals surface area contributed by atoms with Crippen LogP contribution in [0.25, 0.3) is 0 Å². The second-order valence-corrected chi connectivity index (χ2v) is 3.96. The molecule has 4 heteroatoms. The molecule has 2 rings (SSSR count). The molecule has 0 radical (unpaired) electrons. The lowest BCUT2D eigenvalue weighted by Gasteiger charge is -2.41. The Bertz CT molecular complexity index is 335. The summed E-state index contributed by atoms with van der Waals surface area (Å²) < 4.78 is 5.07. The lowest BCUT2D eigenvalue weighted by molar-refractivity contribution is -0.0791. The molecule has 0 bridgehead atoms. The summed E-state index contributed by atoms with van der Waals surface area (Å²) in [6.45, 7) is 2.11. The van der Waals surface area contributed by atoms with Crippen LogP contribution in [0, 0.1) is 5.92 Å². The van der Waals surface area contributed by atoms with Crippen LogP contribution in [0.1, 0.15) is 25.5 Å². The number of hydrogen-bond donors (Lipinski definition) is 1. The van der Waals surface area contributed by atoms with Gasteiger partial charge in [-0.15, -0.1) is 0 Å². The van der Waals surface area contributed by atoms with Gasteiger partial charge in [0.25, 0.3) is 0 Å². The van der Waals surface area contributed by atoms with E-state index in [1.807, 2.05) is 0 Å². The molecule has 1 fully saturated rings. The smallest absolute Gasteiger partial charge is 0.238 e. The van der Waals surface area contributed by atoms with E-state index in [-0.39, 0.29) is 0 Å². The van der Waals surface area contributed by atoms with Crippen LogP contribution < -0.4 is 4.74 Å². The summed E-state index contributed by atoms with van der Waals surface area (Å²) in [5.74, 6) is 0.980. The predicted octanol–water partition coefficient (Wildman–Crippen LogP) is 1.10. The Morgan fingerprint density at radius 2 is 2.07 bits per heavy atom.